The fraction of sp³-hybridized carbons (Fsp3) is 0.600. The Kier molecular flexibility index (Phi) is 6.19. The van der Waals surface area contributed by atoms with Crippen molar-refractivity contribution in [1.82, 2.24) is 14.9 Å². The summed E-state index contributed by atoms with van der Waals surface area (Å²) in [5, 5.41) is 4.48. The molecule has 0 amide bonds. The van der Waals surface area contributed by atoms with Gasteiger partial charge < -0.3 is 34.5 Å². The van der Waals surface area contributed by atoms with Crippen LogP contribution in [-0.4, -0.2) is 85.4 Å². The van der Waals surface area contributed by atoms with Gasteiger partial charge in [-0.3, -0.25) is 14.0 Å². The summed E-state index contributed by atoms with van der Waals surface area (Å²) < 4.78 is 28.8. The van der Waals surface area contributed by atoms with Crippen molar-refractivity contribution in [2.45, 2.75) is 18.0 Å². The number of hydrogen-bond acceptors (Lipinski definition) is 9. The van der Waals surface area contributed by atoms with Crippen molar-refractivity contribution in [3.8, 4) is 0 Å². The molecule has 2 aliphatic heterocycles. The molecule has 12 nitrogen and oxygen atoms in total. The van der Waals surface area contributed by atoms with Crippen LogP contribution in [0.25, 0.3) is 10.2 Å². The van der Waals surface area contributed by atoms with Gasteiger partial charge in [0.1, 0.15) is 10.6 Å². The van der Waals surface area contributed by atoms with Crippen LogP contribution < -0.4 is 10.2 Å². The van der Waals surface area contributed by atoms with Crippen LogP contribution in [0.1, 0.15) is 6.42 Å². The maximum absolute atomic E-state index is 11.7. The molecule has 1 atom stereocenters. The van der Waals surface area contributed by atoms with E-state index in [4.69, 9.17) is 4.74 Å². The first-order chi connectivity index (χ1) is 14.1. The van der Waals surface area contributed by atoms with Crippen molar-refractivity contribution in [1.29, 1.82) is 0 Å². The lowest BCUT2D eigenvalue weighted by atomic mass is 10.2. The minimum absolute atomic E-state index is 0.0114. The molecule has 0 saturated carbocycles. The number of hydrogen-bond donors (Lipinski definition) is 5. The zero-order valence-electron chi connectivity index (χ0n) is 15.9. The Balaban J connectivity index is 1.62. The first-order valence-electron chi connectivity index (χ1n) is 9.32. The monoisotopic (exact) mass is 479 g/mol. The lowest BCUT2D eigenvalue weighted by Gasteiger charge is -2.32. The van der Waals surface area contributed by atoms with Crippen LogP contribution in [0.5, 0.6) is 0 Å². The fourth-order valence-corrected chi connectivity index (χ4v) is 6.65. The normalized spacial score (nSPS) is 21.6. The summed E-state index contributed by atoms with van der Waals surface area (Å²) in [6.07, 6.45) is 0.919. The van der Waals surface area contributed by atoms with Gasteiger partial charge in [-0.15, -0.1) is 11.3 Å². The standard InChI is InChI=1S/C15H23N5O7P2S/c21-28(22,23)15(29(24,25)26)17-12-11-2-8-30-13(11)18-14(16-12)20-3-1-10(9-20)19-4-6-27-7-5-19/h2,8,10,15H,1,3-7,9H2,(H,16,17,18)(H2,21,22,23)(H2,24,25,26). The third-order valence-electron chi connectivity index (χ3n) is 5.22. The first-order valence-corrected chi connectivity index (χ1v) is 13.6. The van der Waals surface area contributed by atoms with E-state index in [0.29, 0.717) is 48.5 Å². The highest BCUT2D eigenvalue weighted by Gasteiger charge is 2.44. The van der Waals surface area contributed by atoms with Gasteiger partial charge in [-0.05, 0) is 17.9 Å². The maximum Gasteiger partial charge on any atom is 0.360 e. The summed E-state index contributed by atoms with van der Waals surface area (Å²) in [6.45, 7) is 4.53. The molecular weight excluding hydrogens is 456 g/mol. The number of ether oxygens (including phenoxy) is 1. The Labute approximate surface area is 176 Å². The van der Waals surface area contributed by atoms with Gasteiger partial charge in [0, 0.05) is 32.2 Å². The van der Waals surface area contributed by atoms with Gasteiger partial charge in [0.25, 0.3) is 0 Å². The van der Waals surface area contributed by atoms with Gasteiger partial charge in [0.15, 0.2) is 0 Å². The molecule has 30 heavy (non-hydrogen) atoms. The molecule has 1 unspecified atom stereocenters. The van der Waals surface area contributed by atoms with Crippen LogP contribution in [0.2, 0.25) is 0 Å². The molecule has 0 radical (unpaired) electrons. The Morgan fingerprint density at radius 2 is 1.83 bits per heavy atom. The van der Waals surface area contributed by atoms with E-state index in [2.05, 4.69) is 20.2 Å². The quantitative estimate of drug-likeness (QED) is 0.368. The van der Waals surface area contributed by atoms with Gasteiger partial charge in [-0.2, -0.15) is 4.98 Å². The molecule has 0 spiro atoms. The number of rotatable bonds is 6. The van der Waals surface area contributed by atoms with Crippen LogP contribution in [0.15, 0.2) is 11.4 Å². The van der Waals surface area contributed by atoms with Crippen molar-refractivity contribution in [2.75, 3.05) is 49.6 Å². The number of aromatic nitrogens is 2. The van der Waals surface area contributed by atoms with Crippen molar-refractivity contribution in [2.24, 2.45) is 0 Å². The number of nitrogens with zero attached hydrogens (tertiary/aromatic N) is 4. The van der Waals surface area contributed by atoms with E-state index in [1.165, 1.54) is 11.3 Å². The van der Waals surface area contributed by atoms with Crippen molar-refractivity contribution < 1.29 is 33.4 Å². The molecule has 4 heterocycles. The van der Waals surface area contributed by atoms with Gasteiger partial charge in [-0.1, -0.05) is 0 Å². The number of nitrogens with one attached hydrogen (secondary N) is 1. The highest BCUT2D eigenvalue weighted by molar-refractivity contribution is 7.71. The second kappa shape index (κ2) is 8.42. The second-order valence-corrected chi connectivity index (χ2v) is 11.9. The summed E-state index contributed by atoms with van der Waals surface area (Å²) in [4.78, 5) is 51.6. The zero-order valence-corrected chi connectivity index (χ0v) is 18.5. The summed E-state index contributed by atoms with van der Waals surface area (Å²) in [5.74, 6) is 0.348. The van der Waals surface area contributed by atoms with E-state index in [-0.39, 0.29) is 5.82 Å². The fourth-order valence-electron chi connectivity index (χ4n) is 3.75. The van der Waals surface area contributed by atoms with E-state index in [1.807, 2.05) is 4.90 Å². The molecule has 2 aromatic heterocycles. The molecule has 2 aromatic rings. The molecule has 2 aliphatic rings. The third-order valence-corrected chi connectivity index (χ3v) is 9.37. The Morgan fingerprint density at radius 1 is 1.13 bits per heavy atom. The molecule has 5 N–H and O–H groups in total. The van der Waals surface area contributed by atoms with Gasteiger partial charge in [0.2, 0.25) is 11.5 Å². The number of fused-ring (bicyclic) bond motifs is 1. The largest absolute Gasteiger partial charge is 0.379 e. The highest BCUT2D eigenvalue weighted by atomic mass is 32.1. The number of thiophene rings is 1. The van der Waals surface area contributed by atoms with Crippen molar-refractivity contribution in [3.05, 3.63) is 11.4 Å². The van der Waals surface area contributed by atoms with Crippen LogP contribution in [-0.2, 0) is 13.9 Å². The minimum atomic E-state index is -5.15. The summed E-state index contributed by atoms with van der Waals surface area (Å²) in [7, 11) is -10.3. The average Bonchev–Trinajstić information content (AvgIpc) is 3.34. The van der Waals surface area contributed by atoms with E-state index < -0.39 is 20.7 Å². The molecule has 4 rings (SSSR count). The molecule has 2 fully saturated rings. The molecule has 15 heteroatoms. The summed E-state index contributed by atoms with van der Waals surface area (Å²) in [6, 6.07) is 1.97. The van der Waals surface area contributed by atoms with Crippen LogP contribution >= 0.6 is 26.5 Å². The lowest BCUT2D eigenvalue weighted by molar-refractivity contribution is 0.0209. The Bertz CT molecular complexity index is 982. The van der Waals surface area contributed by atoms with Crippen LogP contribution in [0, 0.1) is 0 Å². The SMILES string of the molecule is O=P(O)(O)C(Nc1nc(N2CCC(N3CCOCC3)C2)nc2sccc12)P(=O)(O)O. The maximum atomic E-state index is 11.7. The molecule has 0 aliphatic carbocycles. The van der Waals surface area contributed by atoms with E-state index >= 15 is 0 Å². The molecule has 2 saturated heterocycles. The van der Waals surface area contributed by atoms with E-state index in [9.17, 15) is 28.7 Å². The third kappa shape index (κ3) is 4.69. The summed E-state index contributed by atoms with van der Waals surface area (Å²) >= 11 is 1.31. The summed E-state index contributed by atoms with van der Waals surface area (Å²) in [5.41, 5.74) is -2.38. The van der Waals surface area contributed by atoms with Gasteiger partial charge in [-0.25, -0.2) is 4.98 Å². The van der Waals surface area contributed by atoms with Gasteiger partial charge in [0.05, 0.1) is 18.6 Å². The smallest absolute Gasteiger partial charge is 0.360 e. The number of morpholine rings is 1. The molecular formula is C15H23N5O7P2S. The Hall–Kier alpha value is -1.14. The topological polar surface area (TPSA) is 169 Å². The van der Waals surface area contributed by atoms with Gasteiger partial charge >= 0.3 is 15.2 Å². The second-order valence-electron chi connectivity index (χ2n) is 7.24. The van der Waals surface area contributed by atoms with Crippen LogP contribution in [0.4, 0.5) is 11.8 Å². The Morgan fingerprint density at radius 3 is 2.50 bits per heavy atom. The predicted molar refractivity (Wildman–Crippen MR) is 112 cm³/mol. The molecule has 166 valence electrons. The molecule has 0 bridgehead atoms. The van der Waals surface area contributed by atoms with E-state index in [1.54, 1.807) is 11.4 Å². The lowest BCUT2D eigenvalue weighted by Crippen LogP contribution is -2.44. The van der Waals surface area contributed by atoms with E-state index in [0.717, 1.165) is 19.5 Å². The van der Waals surface area contributed by atoms with Crippen molar-refractivity contribution in [3.63, 3.8) is 0 Å². The van der Waals surface area contributed by atoms with Crippen LogP contribution in [0.3, 0.4) is 0 Å². The number of anilines is 2. The zero-order chi connectivity index (χ0) is 21.5. The minimum Gasteiger partial charge on any atom is -0.379 e. The predicted octanol–water partition coefficient (Wildman–Crippen LogP) is 0.653. The molecule has 0 aromatic carbocycles. The van der Waals surface area contributed by atoms with Crippen molar-refractivity contribution >= 4 is 48.5 Å². The highest BCUT2D eigenvalue weighted by Crippen LogP contribution is 2.59. The average molecular weight is 479 g/mol. The first kappa shape index (κ1) is 22.1.